The molecule has 3 aromatic carbocycles. The zero-order valence-electron chi connectivity index (χ0n) is 21.6. The van der Waals surface area contributed by atoms with Crippen molar-refractivity contribution in [3.63, 3.8) is 0 Å². The molecule has 1 heterocycles. The molecule has 0 atom stereocenters. The van der Waals surface area contributed by atoms with Gasteiger partial charge in [0, 0.05) is 29.5 Å². The first-order valence-electron chi connectivity index (χ1n) is 13.3. The third kappa shape index (κ3) is 7.93. The fourth-order valence-corrected chi connectivity index (χ4v) is 4.87. The first-order valence-corrected chi connectivity index (χ1v) is 14.1. The molecular weight excluding hydrogens is 526 g/mol. The highest BCUT2D eigenvalue weighted by atomic mass is 79.9. The third-order valence-electron chi connectivity index (χ3n) is 6.56. The van der Waals surface area contributed by atoms with Crippen molar-refractivity contribution in [2.24, 2.45) is 0 Å². The molecule has 0 radical (unpaired) electrons. The van der Waals surface area contributed by atoms with Crippen LogP contribution in [-0.2, 0) is 19.4 Å². The average molecular weight is 563 g/mol. The number of hydrogen-bond donors (Lipinski definition) is 1. The van der Waals surface area contributed by atoms with E-state index in [9.17, 15) is 4.79 Å². The minimum Gasteiger partial charge on any atom is -0.494 e. The van der Waals surface area contributed by atoms with E-state index in [1.165, 1.54) is 11.1 Å². The molecule has 4 rings (SSSR count). The number of nitrogens with one attached hydrogen (secondary N) is 1. The highest BCUT2D eigenvalue weighted by Gasteiger charge is 2.10. The molecule has 194 valence electrons. The lowest BCUT2D eigenvalue weighted by Crippen LogP contribution is -2.24. The molecule has 5 nitrogen and oxygen atoms in total. The number of unbranched alkanes of at least 4 members (excludes halogenated alkanes) is 3. The summed E-state index contributed by atoms with van der Waals surface area (Å²) in [7, 11) is 0. The van der Waals surface area contributed by atoms with Crippen molar-refractivity contribution in [3.05, 3.63) is 94.2 Å². The van der Waals surface area contributed by atoms with Crippen LogP contribution in [0.1, 0.15) is 60.8 Å². The van der Waals surface area contributed by atoms with Crippen LogP contribution in [0.3, 0.4) is 0 Å². The Balaban J connectivity index is 1.21. The Morgan fingerprint density at radius 2 is 1.78 bits per heavy atom. The quantitative estimate of drug-likeness (QED) is 0.163. The minimum atomic E-state index is -0.0231. The molecule has 0 spiro atoms. The van der Waals surface area contributed by atoms with E-state index in [4.69, 9.17) is 9.72 Å². The van der Waals surface area contributed by atoms with E-state index < -0.39 is 0 Å². The number of halogens is 1. The predicted molar refractivity (Wildman–Crippen MR) is 154 cm³/mol. The van der Waals surface area contributed by atoms with Gasteiger partial charge < -0.3 is 14.6 Å². The normalized spacial score (nSPS) is 11.1. The molecule has 0 unspecified atom stereocenters. The lowest BCUT2D eigenvalue weighted by molar-refractivity contribution is 0.0953. The molecule has 0 aliphatic carbocycles. The summed E-state index contributed by atoms with van der Waals surface area (Å²) in [6.07, 6.45) is 7.08. The Labute approximate surface area is 228 Å². The average Bonchev–Trinajstić information content (AvgIpc) is 3.28. The van der Waals surface area contributed by atoms with Crippen LogP contribution in [0.4, 0.5) is 0 Å². The molecule has 6 heteroatoms. The largest absolute Gasteiger partial charge is 0.494 e. The van der Waals surface area contributed by atoms with Crippen LogP contribution in [0.25, 0.3) is 11.0 Å². The van der Waals surface area contributed by atoms with Gasteiger partial charge in [-0.15, -0.1) is 0 Å². The van der Waals surface area contributed by atoms with Crippen LogP contribution in [0, 0.1) is 0 Å². The molecule has 0 saturated heterocycles. The van der Waals surface area contributed by atoms with Gasteiger partial charge >= 0.3 is 0 Å². The van der Waals surface area contributed by atoms with E-state index >= 15 is 0 Å². The number of carbonyl (C=O) groups is 1. The first kappa shape index (κ1) is 26.9. The molecule has 4 aromatic rings. The number of nitrogens with zero attached hydrogens (tertiary/aromatic N) is 2. The highest BCUT2D eigenvalue weighted by molar-refractivity contribution is 9.10. The second-order valence-electron chi connectivity index (χ2n) is 9.30. The van der Waals surface area contributed by atoms with Crippen LogP contribution < -0.4 is 10.1 Å². The number of fused-ring (bicyclic) bond motifs is 1. The lowest BCUT2D eigenvalue weighted by atomic mass is 10.1. The first-order chi connectivity index (χ1) is 18.1. The number of hydrogen-bond acceptors (Lipinski definition) is 3. The number of ether oxygens (including phenoxy) is 1. The number of rotatable bonds is 14. The van der Waals surface area contributed by atoms with Crippen molar-refractivity contribution < 1.29 is 9.53 Å². The number of carbonyl (C=O) groups excluding carboxylic acids is 1. The Bertz CT molecular complexity index is 1280. The summed E-state index contributed by atoms with van der Waals surface area (Å²) in [5.41, 5.74) is 4.28. The van der Waals surface area contributed by atoms with E-state index in [2.05, 4.69) is 81.3 Å². The highest BCUT2D eigenvalue weighted by Crippen LogP contribution is 2.19. The van der Waals surface area contributed by atoms with Gasteiger partial charge in [-0.25, -0.2) is 4.98 Å². The van der Waals surface area contributed by atoms with Crippen molar-refractivity contribution >= 4 is 32.9 Å². The molecule has 1 amide bonds. The smallest absolute Gasteiger partial charge is 0.251 e. The summed E-state index contributed by atoms with van der Waals surface area (Å²) < 4.78 is 9.23. The monoisotopic (exact) mass is 561 g/mol. The van der Waals surface area contributed by atoms with Gasteiger partial charge in [0.1, 0.15) is 11.6 Å². The second-order valence-corrected chi connectivity index (χ2v) is 10.2. The number of imidazole rings is 1. The van der Waals surface area contributed by atoms with Gasteiger partial charge in [-0.2, -0.15) is 0 Å². The van der Waals surface area contributed by atoms with Gasteiger partial charge in [-0.1, -0.05) is 59.6 Å². The van der Waals surface area contributed by atoms with Crippen LogP contribution in [0.15, 0.2) is 77.3 Å². The number of amides is 1. The van der Waals surface area contributed by atoms with Gasteiger partial charge in [0.05, 0.1) is 17.6 Å². The second kappa shape index (κ2) is 14.0. The van der Waals surface area contributed by atoms with Gasteiger partial charge in [0.25, 0.3) is 5.91 Å². The maximum Gasteiger partial charge on any atom is 0.251 e. The maximum atomic E-state index is 12.3. The summed E-state index contributed by atoms with van der Waals surface area (Å²) in [5.74, 6) is 2.07. The summed E-state index contributed by atoms with van der Waals surface area (Å²) >= 11 is 3.42. The van der Waals surface area contributed by atoms with E-state index in [-0.39, 0.29) is 5.91 Å². The number of benzene rings is 3. The lowest BCUT2D eigenvalue weighted by Gasteiger charge is -2.11. The van der Waals surface area contributed by atoms with E-state index in [0.717, 1.165) is 79.7 Å². The molecule has 0 aliphatic rings. The SMILES string of the molecule is CCc1ccc(OCCCCn2c(CCCCCNC(=O)c3cccc(Br)c3)nc3ccccc32)cc1. The van der Waals surface area contributed by atoms with Crippen molar-refractivity contribution in [1.29, 1.82) is 0 Å². The maximum absolute atomic E-state index is 12.3. The molecule has 37 heavy (non-hydrogen) atoms. The van der Waals surface area contributed by atoms with Crippen molar-refractivity contribution in [3.8, 4) is 5.75 Å². The Kier molecular flexibility index (Phi) is 10.2. The Morgan fingerprint density at radius 1 is 0.946 bits per heavy atom. The van der Waals surface area contributed by atoms with Gasteiger partial charge in [-0.05, 0) is 80.1 Å². The fourth-order valence-electron chi connectivity index (χ4n) is 4.47. The zero-order valence-corrected chi connectivity index (χ0v) is 23.2. The van der Waals surface area contributed by atoms with Crippen LogP contribution >= 0.6 is 15.9 Å². The molecule has 0 fully saturated rings. The van der Waals surface area contributed by atoms with Gasteiger partial charge in [-0.3, -0.25) is 4.79 Å². The summed E-state index contributed by atoms with van der Waals surface area (Å²) in [6.45, 7) is 4.51. The summed E-state index contributed by atoms with van der Waals surface area (Å²) in [5, 5.41) is 3.02. The van der Waals surface area contributed by atoms with Crippen molar-refractivity contribution in [2.75, 3.05) is 13.2 Å². The number of aryl methyl sites for hydroxylation is 3. The number of aromatic nitrogens is 2. The standard InChI is InChI=1S/C31H36BrN3O2/c1-2-24-16-18-27(19-17-24)37-22-9-8-21-35-29-14-6-5-13-28(29)34-30(35)15-4-3-7-20-33-31(36)25-11-10-12-26(32)23-25/h5-6,10-14,16-19,23H,2-4,7-9,15,20-22H2,1H3,(H,33,36). The van der Waals surface area contributed by atoms with Gasteiger partial charge in [0.2, 0.25) is 0 Å². The molecule has 1 N–H and O–H groups in total. The predicted octanol–water partition coefficient (Wildman–Crippen LogP) is 7.36. The Morgan fingerprint density at radius 3 is 2.59 bits per heavy atom. The molecule has 0 aliphatic heterocycles. The molecular formula is C31H36BrN3O2. The van der Waals surface area contributed by atoms with Gasteiger partial charge in [0.15, 0.2) is 0 Å². The third-order valence-corrected chi connectivity index (χ3v) is 7.05. The summed E-state index contributed by atoms with van der Waals surface area (Å²) in [6, 6.07) is 24.3. The van der Waals surface area contributed by atoms with Crippen LogP contribution in [0.2, 0.25) is 0 Å². The number of para-hydroxylation sites is 2. The summed E-state index contributed by atoms with van der Waals surface area (Å²) in [4.78, 5) is 17.2. The van der Waals surface area contributed by atoms with Crippen LogP contribution in [0.5, 0.6) is 5.75 Å². The zero-order chi connectivity index (χ0) is 25.9. The molecule has 0 bridgehead atoms. The van der Waals surface area contributed by atoms with E-state index in [1.54, 1.807) is 0 Å². The fraction of sp³-hybridized carbons (Fsp3) is 0.355. The van der Waals surface area contributed by atoms with Crippen molar-refractivity contribution in [2.45, 2.75) is 58.4 Å². The Hall–Kier alpha value is -3.12. The van der Waals surface area contributed by atoms with E-state index in [0.29, 0.717) is 12.1 Å². The van der Waals surface area contributed by atoms with E-state index in [1.807, 2.05) is 24.3 Å². The molecule has 0 saturated carbocycles. The minimum absolute atomic E-state index is 0.0231. The molecule has 1 aromatic heterocycles. The van der Waals surface area contributed by atoms with Crippen molar-refractivity contribution in [1.82, 2.24) is 14.9 Å². The van der Waals surface area contributed by atoms with Crippen LogP contribution in [-0.4, -0.2) is 28.6 Å². The topological polar surface area (TPSA) is 56.1 Å².